The molecule has 21 heavy (non-hydrogen) atoms. The van der Waals surface area contributed by atoms with Crippen molar-refractivity contribution in [1.29, 1.82) is 0 Å². The smallest absolute Gasteiger partial charge is 0.239 e. The Labute approximate surface area is 127 Å². The maximum Gasteiger partial charge on any atom is 0.239 e. The summed E-state index contributed by atoms with van der Waals surface area (Å²) in [6.45, 7) is 11.1. The number of carbonyl (C=O) groups excluding carboxylic acids is 1. The zero-order valence-electron chi connectivity index (χ0n) is 13.3. The maximum atomic E-state index is 12.6. The van der Waals surface area contributed by atoms with E-state index >= 15 is 0 Å². The number of carbonyl (C=O) groups is 1. The highest BCUT2D eigenvalue weighted by molar-refractivity contribution is 5.81. The Morgan fingerprint density at radius 3 is 2.33 bits per heavy atom. The van der Waals surface area contributed by atoms with Crippen LogP contribution in [0.3, 0.4) is 0 Å². The predicted molar refractivity (Wildman–Crippen MR) is 81.2 cm³/mol. The molecule has 0 aromatic rings. The number of rotatable bonds is 5. The highest BCUT2D eigenvalue weighted by Gasteiger charge is 2.29. The van der Waals surface area contributed by atoms with Crippen LogP contribution in [-0.4, -0.2) is 96.9 Å². The molecule has 6 nitrogen and oxygen atoms in total. The molecule has 2 saturated heterocycles. The van der Waals surface area contributed by atoms with E-state index in [-0.39, 0.29) is 18.1 Å². The quantitative estimate of drug-likeness (QED) is 0.750. The van der Waals surface area contributed by atoms with E-state index < -0.39 is 0 Å². The van der Waals surface area contributed by atoms with Crippen LogP contribution in [0.4, 0.5) is 0 Å². The van der Waals surface area contributed by atoms with Gasteiger partial charge in [-0.15, -0.1) is 0 Å². The van der Waals surface area contributed by atoms with Gasteiger partial charge in [-0.3, -0.25) is 14.6 Å². The van der Waals surface area contributed by atoms with Crippen molar-refractivity contribution < 1.29 is 14.6 Å². The second-order valence-corrected chi connectivity index (χ2v) is 6.01. The Morgan fingerprint density at radius 1 is 1.14 bits per heavy atom. The third-order valence-electron chi connectivity index (χ3n) is 4.57. The first-order valence-corrected chi connectivity index (χ1v) is 8.12. The van der Waals surface area contributed by atoms with Crippen LogP contribution in [0.15, 0.2) is 0 Å². The van der Waals surface area contributed by atoms with E-state index in [1.165, 1.54) is 0 Å². The molecule has 2 aliphatic rings. The maximum absolute atomic E-state index is 12.6. The van der Waals surface area contributed by atoms with Gasteiger partial charge < -0.3 is 14.7 Å². The molecule has 1 N–H and O–H groups in total. The summed E-state index contributed by atoms with van der Waals surface area (Å²) >= 11 is 0. The molecule has 6 heteroatoms. The van der Waals surface area contributed by atoms with Gasteiger partial charge in [0.25, 0.3) is 0 Å². The van der Waals surface area contributed by atoms with Gasteiger partial charge in [-0.2, -0.15) is 0 Å². The van der Waals surface area contributed by atoms with Gasteiger partial charge in [0.2, 0.25) is 5.91 Å². The first-order valence-electron chi connectivity index (χ1n) is 8.12. The standard InChI is InChI=1S/C15H29N3O3/c1-3-14(19)12-16-4-6-18(7-5-16)15(20)13(2)17-8-10-21-11-9-17/h13-14,19H,3-12H2,1-2H3/t13-,14-/m0/s1. The average molecular weight is 299 g/mol. The SMILES string of the molecule is CC[C@H](O)CN1CCN(C(=O)[C@H](C)N2CCOCC2)CC1. The van der Waals surface area contributed by atoms with Crippen LogP contribution in [0.2, 0.25) is 0 Å². The van der Waals surface area contributed by atoms with Crippen LogP contribution in [0.5, 0.6) is 0 Å². The summed E-state index contributed by atoms with van der Waals surface area (Å²) in [5.74, 6) is 0.229. The second kappa shape index (κ2) is 8.08. The zero-order chi connectivity index (χ0) is 15.2. The predicted octanol–water partition coefficient (Wildman–Crippen LogP) is -0.378. The lowest BCUT2D eigenvalue weighted by Gasteiger charge is -2.39. The number of morpholine rings is 1. The summed E-state index contributed by atoms with van der Waals surface area (Å²) in [6, 6.07) is -0.0540. The first kappa shape index (κ1) is 16.7. The summed E-state index contributed by atoms with van der Waals surface area (Å²) in [4.78, 5) is 19.0. The Hall–Kier alpha value is -0.690. The normalized spacial score (nSPS) is 24.8. The second-order valence-electron chi connectivity index (χ2n) is 6.01. The summed E-state index contributed by atoms with van der Waals surface area (Å²) in [6.07, 6.45) is 0.534. The van der Waals surface area contributed by atoms with Crippen molar-refractivity contribution in [3.63, 3.8) is 0 Å². The van der Waals surface area contributed by atoms with Crippen molar-refractivity contribution in [3.05, 3.63) is 0 Å². The highest BCUT2D eigenvalue weighted by atomic mass is 16.5. The monoisotopic (exact) mass is 299 g/mol. The molecule has 0 aliphatic carbocycles. The Morgan fingerprint density at radius 2 is 1.76 bits per heavy atom. The molecular formula is C15H29N3O3. The zero-order valence-corrected chi connectivity index (χ0v) is 13.3. The van der Waals surface area contributed by atoms with Crippen molar-refractivity contribution >= 4 is 5.91 Å². The Bertz CT molecular complexity index is 326. The van der Waals surface area contributed by atoms with Gasteiger partial charge in [-0.1, -0.05) is 6.92 Å². The molecule has 2 rings (SSSR count). The van der Waals surface area contributed by atoms with E-state index in [1.807, 2.05) is 18.7 Å². The van der Waals surface area contributed by atoms with E-state index in [2.05, 4.69) is 9.80 Å². The molecule has 1 amide bonds. The lowest BCUT2D eigenvalue weighted by Crippen LogP contribution is -2.56. The molecule has 2 aliphatic heterocycles. The number of piperazine rings is 1. The highest BCUT2D eigenvalue weighted by Crippen LogP contribution is 2.10. The molecule has 2 heterocycles. The lowest BCUT2D eigenvalue weighted by molar-refractivity contribution is -0.140. The van der Waals surface area contributed by atoms with Crippen molar-refractivity contribution in [3.8, 4) is 0 Å². The van der Waals surface area contributed by atoms with Crippen molar-refractivity contribution in [2.45, 2.75) is 32.4 Å². The summed E-state index contributed by atoms with van der Waals surface area (Å²) in [5.41, 5.74) is 0. The number of aliphatic hydroxyl groups excluding tert-OH is 1. The minimum absolute atomic E-state index is 0.0540. The minimum Gasteiger partial charge on any atom is -0.392 e. The van der Waals surface area contributed by atoms with E-state index in [4.69, 9.17) is 4.74 Å². The van der Waals surface area contributed by atoms with Crippen LogP contribution < -0.4 is 0 Å². The molecule has 0 spiro atoms. The first-order chi connectivity index (χ1) is 10.1. The Kier molecular flexibility index (Phi) is 6.41. The molecule has 0 radical (unpaired) electrons. The van der Waals surface area contributed by atoms with E-state index in [0.29, 0.717) is 0 Å². The molecule has 0 aromatic heterocycles. The fourth-order valence-corrected chi connectivity index (χ4v) is 2.96. The number of nitrogens with zero attached hydrogens (tertiary/aromatic N) is 3. The van der Waals surface area contributed by atoms with Gasteiger partial charge in [0, 0.05) is 45.8 Å². The lowest BCUT2D eigenvalue weighted by atomic mass is 10.2. The van der Waals surface area contributed by atoms with Crippen LogP contribution in [0, 0.1) is 0 Å². The molecule has 2 atom stereocenters. The van der Waals surface area contributed by atoms with Gasteiger partial charge in [0.05, 0.1) is 25.4 Å². The average Bonchev–Trinajstić information content (AvgIpc) is 2.55. The summed E-state index contributed by atoms with van der Waals surface area (Å²) in [5, 5.41) is 9.70. The minimum atomic E-state index is -0.250. The van der Waals surface area contributed by atoms with E-state index in [9.17, 15) is 9.90 Å². The van der Waals surface area contributed by atoms with Gasteiger partial charge in [0.15, 0.2) is 0 Å². The van der Waals surface area contributed by atoms with Crippen molar-refractivity contribution in [2.24, 2.45) is 0 Å². The van der Waals surface area contributed by atoms with Crippen LogP contribution in [-0.2, 0) is 9.53 Å². The van der Waals surface area contributed by atoms with Crippen LogP contribution >= 0.6 is 0 Å². The molecule has 122 valence electrons. The molecule has 0 unspecified atom stereocenters. The largest absolute Gasteiger partial charge is 0.392 e. The number of aliphatic hydroxyl groups is 1. The summed E-state index contributed by atoms with van der Waals surface area (Å²) in [7, 11) is 0. The van der Waals surface area contributed by atoms with Gasteiger partial charge in [0.1, 0.15) is 0 Å². The molecule has 0 aromatic carbocycles. The molecule has 0 bridgehead atoms. The van der Waals surface area contributed by atoms with Gasteiger partial charge in [-0.05, 0) is 13.3 Å². The third-order valence-corrected chi connectivity index (χ3v) is 4.57. The van der Waals surface area contributed by atoms with Gasteiger partial charge >= 0.3 is 0 Å². The fourth-order valence-electron chi connectivity index (χ4n) is 2.96. The number of ether oxygens (including phenoxy) is 1. The van der Waals surface area contributed by atoms with Gasteiger partial charge in [-0.25, -0.2) is 0 Å². The van der Waals surface area contributed by atoms with Crippen LogP contribution in [0.1, 0.15) is 20.3 Å². The molecular weight excluding hydrogens is 270 g/mol. The van der Waals surface area contributed by atoms with Crippen LogP contribution in [0.25, 0.3) is 0 Å². The van der Waals surface area contributed by atoms with E-state index in [0.717, 1.165) is 65.4 Å². The van der Waals surface area contributed by atoms with Crippen molar-refractivity contribution in [1.82, 2.24) is 14.7 Å². The number of hydrogen-bond acceptors (Lipinski definition) is 5. The number of hydrogen-bond donors (Lipinski definition) is 1. The van der Waals surface area contributed by atoms with E-state index in [1.54, 1.807) is 0 Å². The fraction of sp³-hybridized carbons (Fsp3) is 0.933. The molecule has 0 saturated carbocycles. The number of β-amino-alcohol motifs (C(OH)–C–C–N with tert-alkyl or cyclic N) is 1. The Balaban J connectivity index is 1.77. The molecule has 2 fully saturated rings. The third kappa shape index (κ3) is 4.64. The van der Waals surface area contributed by atoms with Crippen molar-refractivity contribution in [2.75, 3.05) is 59.0 Å². The topological polar surface area (TPSA) is 56.2 Å². The number of amides is 1. The summed E-state index contributed by atoms with van der Waals surface area (Å²) < 4.78 is 5.34.